The average Bonchev–Trinajstić information content (AvgIpc) is 3.61. The highest BCUT2D eigenvalue weighted by molar-refractivity contribution is 6.23. The second-order valence-corrected chi connectivity index (χ2v) is 11.9. The van der Waals surface area contributed by atoms with E-state index in [1.54, 1.807) is 6.92 Å². The van der Waals surface area contributed by atoms with Gasteiger partial charge in [-0.3, -0.25) is 24.0 Å². The van der Waals surface area contributed by atoms with Crippen molar-refractivity contribution in [2.45, 2.75) is 95.1 Å². The van der Waals surface area contributed by atoms with Gasteiger partial charge in [-0.05, 0) is 18.6 Å². The van der Waals surface area contributed by atoms with Gasteiger partial charge in [0.15, 0.2) is 11.7 Å². The molecular formula is C28H35ClO12. The Labute approximate surface area is 242 Å². The molecule has 0 amide bonds. The van der Waals surface area contributed by atoms with Gasteiger partial charge >= 0.3 is 29.8 Å². The van der Waals surface area contributed by atoms with Crippen LogP contribution in [0.4, 0.5) is 0 Å². The molecule has 0 radical (unpaired) electrons. The predicted molar refractivity (Wildman–Crippen MR) is 139 cm³/mol. The van der Waals surface area contributed by atoms with E-state index in [0.717, 1.165) is 6.92 Å². The number of allylic oxidation sites excluding steroid dienone is 1. The van der Waals surface area contributed by atoms with Crippen LogP contribution in [0, 0.1) is 17.3 Å². The molecule has 4 aliphatic rings. The van der Waals surface area contributed by atoms with Crippen LogP contribution in [0.25, 0.3) is 0 Å². The summed E-state index contributed by atoms with van der Waals surface area (Å²) in [5.74, 6) is -6.15. The number of carbonyl (C=O) groups is 5. The van der Waals surface area contributed by atoms with E-state index in [2.05, 4.69) is 6.58 Å². The molecule has 11 atom stereocenters. The van der Waals surface area contributed by atoms with Crippen LogP contribution >= 0.6 is 11.6 Å². The maximum atomic E-state index is 13.0. The summed E-state index contributed by atoms with van der Waals surface area (Å²) >= 11 is 6.73. The van der Waals surface area contributed by atoms with Gasteiger partial charge in [0.25, 0.3) is 0 Å². The molecule has 2 aliphatic carbocycles. The molecule has 12 nitrogen and oxygen atoms in total. The number of rotatable bonds is 4. The van der Waals surface area contributed by atoms with Crippen molar-refractivity contribution in [3.05, 3.63) is 24.3 Å². The first kappa shape index (κ1) is 31.0. The molecule has 1 spiro atoms. The maximum Gasteiger partial charge on any atom is 0.312 e. The molecule has 0 aromatic heterocycles. The zero-order valence-electron chi connectivity index (χ0n) is 23.7. The summed E-state index contributed by atoms with van der Waals surface area (Å²) in [4.78, 5) is 62.8. The Morgan fingerprint density at radius 3 is 2.05 bits per heavy atom. The van der Waals surface area contributed by atoms with Crippen molar-refractivity contribution >= 4 is 41.4 Å². The van der Waals surface area contributed by atoms with E-state index in [4.69, 9.17) is 40.0 Å². The normalized spacial score (nSPS) is 44.0. The van der Waals surface area contributed by atoms with E-state index in [1.807, 2.05) is 0 Å². The molecule has 13 heteroatoms. The Bertz CT molecular complexity index is 1190. The van der Waals surface area contributed by atoms with Gasteiger partial charge in [-0.2, -0.15) is 0 Å². The van der Waals surface area contributed by atoms with Gasteiger partial charge in [-0.15, -0.1) is 11.6 Å². The molecule has 4 rings (SSSR count). The third-order valence-corrected chi connectivity index (χ3v) is 9.28. The molecule has 226 valence electrons. The lowest BCUT2D eigenvalue weighted by molar-refractivity contribution is -0.254. The van der Waals surface area contributed by atoms with Crippen LogP contribution in [0.15, 0.2) is 24.3 Å². The quantitative estimate of drug-likeness (QED) is 0.215. The zero-order chi connectivity index (χ0) is 30.7. The summed E-state index contributed by atoms with van der Waals surface area (Å²) < 4.78 is 34.7. The third-order valence-electron chi connectivity index (χ3n) is 8.77. The number of epoxide rings is 1. The van der Waals surface area contributed by atoms with E-state index in [0.29, 0.717) is 0 Å². The molecule has 41 heavy (non-hydrogen) atoms. The highest BCUT2D eigenvalue weighted by atomic mass is 35.5. The van der Waals surface area contributed by atoms with Crippen LogP contribution in [0.2, 0.25) is 0 Å². The number of hydrogen-bond donors (Lipinski definition) is 1. The van der Waals surface area contributed by atoms with Gasteiger partial charge in [0.1, 0.15) is 30.0 Å². The molecule has 1 unspecified atom stereocenters. The summed E-state index contributed by atoms with van der Waals surface area (Å²) in [5, 5.41) is 11.3. The van der Waals surface area contributed by atoms with Gasteiger partial charge in [-0.25, -0.2) is 0 Å². The fraction of sp³-hybridized carbons (Fsp3) is 0.679. The Hall–Kier alpha value is -2.96. The van der Waals surface area contributed by atoms with Gasteiger partial charge < -0.3 is 33.5 Å². The molecule has 2 saturated heterocycles. The van der Waals surface area contributed by atoms with Crippen LogP contribution in [0.1, 0.15) is 48.0 Å². The topological polar surface area (TPSA) is 164 Å². The second-order valence-electron chi connectivity index (χ2n) is 11.4. The van der Waals surface area contributed by atoms with E-state index in [9.17, 15) is 29.1 Å². The van der Waals surface area contributed by atoms with E-state index in [-0.39, 0.29) is 18.6 Å². The number of aliphatic hydroxyl groups is 1. The summed E-state index contributed by atoms with van der Waals surface area (Å²) in [6.07, 6.45) is -3.54. The minimum absolute atomic E-state index is 0.0206. The highest BCUT2D eigenvalue weighted by Crippen LogP contribution is 2.63. The van der Waals surface area contributed by atoms with Crippen molar-refractivity contribution in [3.63, 3.8) is 0 Å². The SMILES string of the molecule is C=C1/C=C/[C@@H](OC(C)=O)[C@]2(C)[C@H](OC(C)=O)C[C@H](OC(C)=O)[C@@]3(CO3)[C@@H]2C(OC(C)=O)[C@@]2(O)[C@H](C)C(=O)O[C@@H]2[C@@H]1Cl. The van der Waals surface area contributed by atoms with Crippen LogP contribution in [-0.4, -0.2) is 88.7 Å². The van der Waals surface area contributed by atoms with Crippen molar-refractivity contribution in [3.8, 4) is 0 Å². The minimum Gasteiger partial charge on any atom is -0.462 e. The first-order valence-corrected chi connectivity index (χ1v) is 13.7. The molecule has 3 fully saturated rings. The number of carbonyl (C=O) groups excluding carboxylic acids is 5. The number of hydrogen-bond acceptors (Lipinski definition) is 12. The fourth-order valence-corrected chi connectivity index (χ4v) is 7.13. The van der Waals surface area contributed by atoms with Crippen molar-refractivity contribution in [2.75, 3.05) is 6.61 Å². The molecule has 0 aromatic rings. The van der Waals surface area contributed by atoms with Crippen molar-refractivity contribution in [2.24, 2.45) is 17.3 Å². The Morgan fingerprint density at radius 1 is 1.00 bits per heavy atom. The van der Waals surface area contributed by atoms with Crippen LogP contribution in [0.3, 0.4) is 0 Å². The first-order valence-electron chi connectivity index (χ1n) is 13.3. The van der Waals surface area contributed by atoms with Crippen molar-refractivity contribution in [1.82, 2.24) is 0 Å². The minimum atomic E-state index is -2.28. The second kappa shape index (κ2) is 10.7. The summed E-state index contributed by atoms with van der Waals surface area (Å²) in [5.41, 5.74) is -5.00. The van der Waals surface area contributed by atoms with Gasteiger partial charge in [0.05, 0.1) is 23.3 Å². The van der Waals surface area contributed by atoms with E-state index >= 15 is 0 Å². The van der Waals surface area contributed by atoms with Crippen molar-refractivity contribution < 1.29 is 57.5 Å². The monoisotopic (exact) mass is 598 g/mol. The van der Waals surface area contributed by atoms with Crippen LogP contribution in [-0.2, 0) is 52.4 Å². The molecule has 1 N–H and O–H groups in total. The molecule has 1 saturated carbocycles. The van der Waals surface area contributed by atoms with Gasteiger partial charge in [0.2, 0.25) is 0 Å². The number of ether oxygens (including phenoxy) is 6. The lowest BCUT2D eigenvalue weighted by atomic mass is 9.52. The Balaban J connectivity index is 2.09. The molecule has 2 heterocycles. The predicted octanol–water partition coefficient (Wildman–Crippen LogP) is 1.53. The third kappa shape index (κ3) is 5.03. The standard InChI is InChI=1S/C28H35ClO12/c1-12-8-9-18(37-14(3)30)26(7)19(38-15(4)31)10-20(39-16(5)32)27(11-36-27)22(26)24(40-17(6)33)28(35)13(2)25(34)41-23(28)21(12)29/h8-9,13,18-24,35H,1,10-11H2,2-7H3/b9-8+/t13-,18-,19-,20+,21-,22-,23-,24?,26-,27+,28-/m1/s1. The highest BCUT2D eigenvalue weighted by Gasteiger charge is 2.78. The number of esters is 5. The molecule has 0 aromatic carbocycles. The smallest absolute Gasteiger partial charge is 0.312 e. The Morgan fingerprint density at radius 2 is 1.54 bits per heavy atom. The van der Waals surface area contributed by atoms with E-state index < -0.39 is 94.2 Å². The number of alkyl halides is 1. The van der Waals surface area contributed by atoms with Crippen LogP contribution < -0.4 is 0 Å². The Kier molecular flexibility index (Phi) is 8.09. The largest absolute Gasteiger partial charge is 0.462 e. The number of fused-ring (bicyclic) bond motifs is 3. The lowest BCUT2D eigenvalue weighted by Crippen LogP contribution is -2.72. The summed E-state index contributed by atoms with van der Waals surface area (Å²) in [6.45, 7) is 11.7. The average molecular weight is 599 g/mol. The lowest BCUT2D eigenvalue weighted by Gasteiger charge is -2.57. The fourth-order valence-electron chi connectivity index (χ4n) is 6.81. The van der Waals surface area contributed by atoms with E-state index in [1.165, 1.54) is 39.8 Å². The van der Waals surface area contributed by atoms with Gasteiger partial charge in [-0.1, -0.05) is 19.6 Å². The zero-order valence-corrected chi connectivity index (χ0v) is 24.5. The molecule has 0 bridgehead atoms. The first-order chi connectivity index (χ1) is 19.0. The molecule has 2 aliphatic heterocycles. The summed E-state index contributed by atoms with van der Waals surface area (Å²) in [7, 11) is 0. The van der Waals surface area contributed by atoms with Crippen LogP contribution in [0.5, 0.6) is 0 Å². The van der Waals surface area contributed by atoms with Gasteiger partial charge in [0, 0.05) is 40.0 Å². The summed E-state index contributed by atoms with van der Waals surface area (Å²) in [6, 6.07) is 0. The maximum absolute atomic E-state index is 13.0. The number of halogens is 1. The van der Waals surface area contributed by atoms with Crippen molar-refractivity contribution in [1.29, 1.82) is 0 Å². The molecular weight excluding hydrogens is 564 g/mol.